The number of hydrogen-bond donors (Lipinski definition) is 1. The molecule has 98 valence electrons. The Bertz CT molecular complexity index is 586. The van der Waals surface area contributed by atoms with Crippen LogP contribution in [0.5, 0.6) is 5.75 Å². The van der Waals surface area contributed by atoms with Crippen LogP contribution < -0.4 is 10.1 Å². The van der Waals surface area contributed by atoms with Gasteiger partial charge in [-0.25, -0.2) is 0 Å². The number of anilines is 1. The van der Waals surface area contributed by atoms with Crippen LogP contribution in [0.25, 0.3) is 0 Å². The molecule has 1 atom stereocenters. The van der Waals surface area contributed by atoms with E-state index in [0.29, 0.717) is 0 Å². The average molecular weight is 272 g/mol. The third kappa shape index (κ3) is 3.07. The molecule has 0 aliphatic carbocycles. The van der Waals surface area contributed by atoms with Crippen molar-refractivity contribution in [2.75, 3.05) is 12.4 Å². The number of nitriles is 1. The van der Waals surface area contributed by atoms with E-state index >= 15 is 0 Å². The molecular weight excluding hydrogens is 256 g/mol. The molecule has 1 aromatic heterocycles. The molecule has 4 heteroatoms. The van der Waals surface area contributed by atoms with E-state index in [0.717, 1.165) is 22.7 Å². The highest BCUT2D eigenvalue weighted by Crippen LogP contribution is 2.30. The summed E-state index contributed by atoms with van der Waals surface area (Å²) >= 11 is 1.67. The van der Waals surface area contributed by atoms with Crippen LogP contribution >= 0.6 is 11.3 Å². The molecule has 2 rings (SSSR count). The van der Waals surface area contributed by atoms with Crippen molar-refractivity contribution in [3.8, 4) is 11.8 Å². The molecule has 0 saturated heterocycles. The summed E-state index contributed by atoms with van der Waals surface area (Å²) in [5.41, 5.74) is 0.836. The standard InChI is InChI=1S/C15H16N2OS/c1-3-11-8-9-15(19-11)13(10-16)17-12-6-4-5-7-14(12)18-2/h4-9,13,17H,3H2,1-2H3. The maximum absolute atomic E-state index is 9.34. The molecule has 0 amide bonds. The largest absolute Gasteiger partial charge is 0.495 e. The van der Waals surface area contributed by atoms with Crippen molar-refractivity contribution in [3.63, 3.8) is 0 Å². The maximum Gasteiger partial charge on any atom is 0.149 e. The zero-order valence-electron chi connectivity index (χ0n) is 11.0. The molecule has 3 nitrogen and oxygen atoms in total. The number of nitrogens with zero attached hydrogens (tertiary/aromatic N) is 1. The number of nitrogens with one attached hydrogen (secondary N) is 1. The van der Waals surface area contributed by atoms with Gasteiger partial charge in [0.2, 0.25) is 0 Å². The summed E-state index contributed by atoms with van der Waals surface area (Å²) in [6.07, 6.45) is 0.997. The molecule has 0 bridgehead atoms. The molecular formula is C15H16N2OS. The molecule has 1 N–H and O–H groups in total. The quantitative estimate of drug-likeness (QED) is 0.895. The van der Waals surface area contributed by atoms with Crippen LogP contribution in [0.3, 0.4) is 0 Å². The zero-order valence-corrected chi connectivity index (χ0v) is 11.8. The highest BCUT2D eigenvalue weighted by atomic mass is 32.1. The Balaban J connectivity index is 2.22. The minimum absolute atomic E-state index is 0.346. The Morgan fingerprint density at radius 3 is 2.74 bits per heavy atom. The van der Waals surface area contributed by atoms with Crippen LogP contribution in [0, 0.1) is 11.3 Å². The van der Waals surface area contributed by atoms with Crippen molar-refractivity contribution in [1.82, 2.24) is 0 Å². The van der Waals surface area contributed by atoms with Crippen LogP contribution in [0.15, 0.2) is 36.4 Å². The van der Waals surface area contributed by atoms with Crippen molar-refractivity contribution < 1.29 is 4.74 Å². The first-order valence-corrected chi connectivity index (χ1v) is 6.98. The molecule has 19 heavy (non-hydrogen) atoms. The SMILES string of the molecule is CCc1ccc(C(C#N)Nc2ccccc2OC)s1. The monoisotopic (exact) mass is 272 g/mol. The van der Waals surface area contributed by atoms with Gasteiger partial charge in [-0.2, -0.15) is 5.26 Å². The lowest BCUT2D eigenvalue weighted by Crippen LogP contribution is -2.07. The molecule has 1 aromatic carbocycles. The Labute approximate surface area is 117 Å². The van der Waals surface area contributed by atoms with Gasteiger partial charge in [0, 0.05) is 9.75 Å². The van der Waals surface area contributed by atoms with Gasteiger partial charge in [-0.3, -0.25) is 0 Å². The summed E-state index contributed by atoms with van der Waals surface area (Å²) < 4.78 is 5.28. The highest BCUT2D eigenvalue weighted by molar-refractivity contribution is 7.12. The Morgan fingerprint density at radius 1 is 1.32 bits per heavy atom. The van der Waals surface area contributed by atoms with Gasteiger partial charge in [-0.05, 0) is 30.7 Å². The molecule has 1 unspecified atom stereocenters. The van der Waals surface area contributed by atoms with E-state index in [1.165, 1.54) is 4.88 Å². The highest BCUT2D eigenvalue weighted by Gasteiger charge is 2.14. The summed E-state index contributed by atoms with van der Waals surface area (Å²) in [7, 11) is 1.63. The molecule has 0 fully saturated rings. The van der Waals surface area contributed by atoms with Crippen LogP contribution in [0.4, 0.5) is 5.69 Å². The van der Waals surface area contributed by atoms with Gasteiger partial charge >= 0.3 is 0 Å². The number of aryl methyl sites for hydroxylation is 1. The van der Waals surface area contributed by atoms with Gasteiger partial charge in [0.1, 0.15) is 11.8 Å². The fourth-order valence-electron chi connectivity index (χ4n) is 1.83. The third-order valence-electron chi connectivity index (χ3n) is 2.85. The number of hydrogen-bond acceptors (Lipinski definition) is 4. The van der Waals surface area contributed by atoms with E-state index in [-0.39, 0.29) is 6.04 Å². The molecule has 2 aromatic rings. The molecule has 0 spiro atoms. The lowest BCUT2D eigenvalue weighted by Gasteiger charge is -2.14. The summed E-state index contributed by atoms with van der Waals surface area (Å²) in [6, 6.07) is 13.7. The average Bonchev–Trinajstić information content (AvgIpc) is 2.93. The van der Waals surface area contributed by atoms with Crippen LogP contribution in [-0.2, 0) is 6.42 Å². The first kappa shape index (κ1) is 13.4. The van der Waals surface area contributed by atoms with Crippen molar-refractivity contribution in [2.24, 2.45) is 0 Å². The number of para-hydroxylation sites is 2. The van der Waals surface area contributed by atoms with Gasteiger partial charge in [0.25, 0.3) is 0 Å². The Hall–Kier alpha value is -1.99. The summed E-state index contributed by atoms with van der Waals surface area (Å²) in [5.74, 6) is 0.745. The maximum atomic E-state index is 9.34. The minimum atomic E-state index is -0.346. The van der Waals surface area contributed by atoms with E-state index in [1.54, 1.807) is 18.4 Å². The first-order chi connectivity index (χ1) is 9.28. The summed E-state index contributed by atoms with van der Waals surface area (Å²) in [5, 5.41) is 12.6. The second kappa shape index (κ2) is 6.26. The topological polar surface area (TPSA) is 45.0 Å². The van der Waals surface area contributed by atoms with E-state index in [2.05, 4.69) is 24.4 Å². The smallest absolute Gasteiger partial charge is 0.149 e. The van der Waals surface area contributed by atoms with Crippen LogP contribution in [-0.4, -0.2) is 7.11 Å². The number of methoxy groups -OCH3 is 1. The number of thiophene rings is 1. The van der Waals surface area contributed by atoms with E-state index in [4.69, 9.17) is 4.74 Å². The normalized spacial score (nSPS) is 11.6. The van der Waals surface area contributed by atoms with Gasteiger partial charge in [0.05, 0.1) is 18.9 Å². The second-order valence-corrected chi connectivity index (χ2v) is 5.26. The number of benzene rings is 1. The fraction of sp³-hybridized carbons (Fsp3) is 0.267. The fourth-order valence-corrected chi connectivity index (χ4v) is 2.77. The zero-order chi connectivity index (χ0) is 13.7. The van der Waals surface area contributed by atoms with Gasteiger partial charge in [-0.1, -0.05) is 19.1 Å². The predicted molar refractivity (Wildman–Crippen MR) is 78.7 cm³/mol. The van der Waals surface area contributed by atoms with Crippen LogP contribution in [0.1, 0.15) is 22.7 Å². The molecule has 1 heterocycles. The minimum Gasteiger partial charge on any atom is -0.495 e. The Kier molecular flexibility index (Phi) is 4.43. The number of rotatable bonds is 5. The van der Waals surface area contributed by atoms with Gasteiger partial charge < -0.3 is 10.1 Å². The van der Waals surface area contributed by atoms with E-state index < -0.39 is 0 Å². The molecule has 0 saturated carbocycles. The summed E-state index contributed by atoms with van der Waals surface area (Å²) in [6.45, 7) is 2.12. The number of ether oxygens (including phenoxy) is 1. The first-order valence-electron chi connectivity index (χ1n) is 6.16. The predicted octanol–water partition coefficient (Wildman–Crippen LogP) is 4.00. The van der Waals surface area contributed by atoms with E-state index in [1.807, 2.05) is 30.3 Å². The molecule has 0 radical (unpaired) electrons. The molecule has 0 aliphatic rings. The van der Waals surface area contributed by atoms with Crippen molar-refractivity contribution in [2.45, 2.75) is 19.4 Å². The lowest BCUT2D eigenvalue weighted by molar-refractivity contribution is 0.416. The second-order valence-electron chi connectivity index (χ2n) is 4.06. The van der Waals surface area contributed by atoms with E-state index in [9.17, 15) is 5.26 Å². The van der Waals surface area contributed by atoms with Crippen LogP contribution in [0.2, 0.25) is 0 Å². The lowest BCUT2D eigenvalue weighted by atomic mass is 10.2. The third-order valence-corrected chi connectivity index (χ3v) is 4.15. The Morgan fingerprint density at radius 2 is 2.11 bits per heavy atom. The summed E-state index contributed by atoms with van der Waals surface area (Å²) in [4.78, 5) is 2.32. The van der Waals surface area contributed by atoms with Crippen molar-refractivity contribution >= 4 is 17.0 Å². The van der Waals surface area contributed by atoms with Crippen molar-refractivity contribution in [1.29, 1.82) is 5.26 Å². The molecule has 0 aliphatic heterocycles. The van der Waals surface area contributed by atoms with Gasteiger partial charge in [-0.15, -0.1) is 11.3 Å². The van der Waals surface area contributed by atoms with Gasteiger partial charge in [0.15, 0.2) is 0 Å². The van der Waals surface area contributed by atoms with Crippen molar-refractivity contribution in [3.05, 3.63) is 46.2 Å².